The Hall–Kier alpha value is -4.38. The molecule has 0 unspecified atom stereocenters. The molecule has 1 amide bonds. The second-order valence-corrected chi connectivity index (χ2v) is 11.6. The van der Waals surface area contributed by atoms with Gasteiger partial charge in [0.05, 0.1) is 37.1 Å². The van der Waals surface area contributed by atoms with E-state index in [1.165, 1.54) is 30.5 Å². The Balaban J connectivity index is 1.46. The topological polar surface area (TPSA) is 107 Å². The Morgan fingerprint density at radius 2 is 1.73 bits per heavy atom. The zero-order valence-corrected chi connectivity index (χ0v) is 23.9. The van der Waals surface area contributed by atoms with E-state index >= 15 is 0 Å². The van der Waals surface area contributed by atoms with E-state index in [4.69, 9.17) is 20.8 Å². The maximum absolute atomic E-state index is 13.5. The number of aromatic nitrogens is 2. The molecule has 0 fully saturated rings. The molecular formula is C30H27ClN4O5S. The molecule has 0 atom stereocenters. The van der Waals surface area contributed by atoms with Crippen molar-refractivity contribution in [3.8, 4) is 22.7 Å². The lowest BCUT2D eigenvalue weighted by molar-refractivity contribution is -0.116. The molecule has 41 heavy (non-hydrogen) atoms. The van der Waals surface area contributed by atoms with E-state index in [9.17, 15) is 13.2 Å². The van der Waals surface area contributed by atoms with Crippen LogP contribution in [0, 0.1) is 6.92 Å². The first-order chi connectivity index (χ1) is 19.7. The number of halogens is 1. The minimum atomic E-state index is -4.08. The summed E-state index contributed by atoms with van der Waals surface area (Å²) in [5.41, 5.74) is 3.29. The van der Waals surface area contributed by atoms with Crippen LogP contribution in [0.25, 0.3) is 16.9 Å². The van der Waals surface area contributed by atoms with Crippen LogP contribution < -0.4 is 10.1 Å². The van der Waals surface area contributed by atoms with Gasteiger partial charge in [-0.1, -0.05) is 29.3 Å². The number of nitrogens with one attached hydrogen (secondary N) is 1. The zero-order valence-electron chi connectivity index (χ0n) is 22.3. The summed E-state index contributed by atoms with van der Waals surface area (Å²) >= 11 is 5.96. The van der Waals surface area contributed by atoms with E-state index in [-0.39, 0.29) is 17.4 Å². The third-order valence-corrected chi connectivity index (χ3v) is 8.40. The minimum Gasteiger partial charge on any atom is -0.497 e. The van der Waals surface area contributed by atoms with E-state index in [0.29, 0.717) is 22.2 Å². The summed E-state index contributed by atoms with van der Waals surface area (Å²) in [6.45, 7) is 1.36. The molecule has 2 aromatic heterocycles. The van der Waals surface area contributed by atoms with Gasteiger partial charge in [0, 0.05) is 22.5 Å². The number of benzene rings is 3. The number of furan rings is 1. The molecule has 0 spiro atoms. The number of hydrogen-bond donors (Lipinski definition) is 1. The van der Waals surface area contributed by atoms with Gasteiger partial charge in [-0.3, -0.25) is 14.7 Å². The van der Waals surface area contributed by atoms with Crippen molar-refractivity contribution in [3.63, 3.8) is 0 Å². The lowest BCUT2D eigenvalue weighted by Crippen LogP contribution is -2.37. The molecule has 2 heterocycles. The molecule has 0 aliphatic heterocycles. The molecule has 1 N–H and O–H groups in total. The standard InChI is InChI=1S/C30H27ClN4O5S/c1-21-5-11-24(12-6-21)35-19-28(22-7-13-25(39-2)14-8-22)32-30(35)33-29(36)20-34(18-26-4-3-17-40-26)41(37,38)27-15-9-23(31)10-16-27/h3-17,19H,18,20H2,1-2H3,(H,32,33,36). The number of methoxy groups -OCH3 is 1. The molecular weight excluding hydrogens is 564 g/mol. The SMILES string of the molecule is COc1ccc(-c2cn(-c3ccc(C)cc3)c(NC(=O)CN(Cc3ccco3)S(=O)(=O)c3ccc(Cl)cc3)n2)cc1. The first-order valence-corrected chi connectivity index (χ1v) is 14.4. The molecule has 11 heteroatoms. The van der Waals surface area contributed by atoms with Crippen molar-refractivity contribution >= 4 is 33.5 Å². The van der Waals surface area contributed by atoms with Gasteiger partial charge in [0.1, 0.15) is 11.5 Å². The fraction of sp³-hybridized carbons (Fsp3) is 0.133. The molecule has 210 valence electrons. The fourth-order valence-electron chi connectivity index (χ4n) is 4.15. The highest BCUT2D eigenvalue weighted by Gasteiger charge is 2.28. The number of amides is 1. The van der Waals surface area contributed by atoms with Crippen molar-refractivity contribution in [1.29, 1.82) is 0 Å². The van der Waals surface area contributed by atoms with Crippen LogP contribution in [0.15, 0.2) is 107 Å². The number of imidazole rings is 1. The van der Waals surface area contributed by atoms with Crippen LogP contribution >= 0.6 is 11.6 Å². The highest BCUT2D eigenvalue weighted by atomic mass is 35.5. The summed E-state index contributed by atoms with van der Waals surface area (Å²) in [6.07, 6.45) is 3.26. The van der Waals surface area contributed by atoms with Crippen LogP contribution in [-0.2, 0) is 21.4 Å². The van der Waals surface area contributed by atoms with Crippen LogP contribution in [0.5, 0.6) is 5.75 Å². The number of anilines is 1. The van der Waals surface area contributed by atoms with Gasteiger partial charge in [-0.15, -0.1) is 0 Å². The Morgan fingerprint density at radius 3 is 2.37 bits per heavy atom. The Morgan fingerprint density at radius 1 is 1.02 bits per heavy atom. The van der Waals surface area contributed by atoms with Gasteiger partial charge < -0.3 is 9.15 Å². The summed E-state index contributed by atoms with van der Waals surface area (Å²) < 4.78 is 40.5. The zero-order chi connectivity index (χ0) is 29.0. The molecule has 0 aliphatic carbocycles. The number of carbonyl (C=O) groups is 1. The van der Waals surface area contributed by atoms with Crippen LogP contribution in [0.1, 0.15) is 11.3 Å². The van der Waals surface area contributed by atoms with Crippen LogP contribution in [0.2, 0.25) is 5.02 Å². The van der Waals surface area contributed by atoms with Crippen molar-refractivity contribution < 1.29 is 22.4 Å². The maximum Gasteiger partial charge on any atom is 0.243 e. The van der Waals surface area contributed by atoms with Gasteiger partial charge in [0.15, 0.2) is 0 Å². The fourth-order valence-corrected chi connectivity index (χ4v) is 5.64. The largest absolute Gasteiger partial charge is 0.497 e. The smallest absolute Gasteiger partial charge is 0.243 e. The summed E-state index contributed by atoms with van der Waals surface area (Å²) in [5.74, 6) is 0.762. The van der Waals surface area contributed by atoms with Crippen LogP contribution in [0.4, 0.5) is 5.95 Å². The third-order valence-electron chi connectivity index (χ3n) is 6.34. The number of hydrogen-bond acceptors (Lipinski definition) is 6. The number of aryl methyl sites for hydroxylation is 1. The van der Waals surface area contributed by atoms with E-state index in [2.05, 4.69) is 10.3 Å². The quantitative estimate of drug-likeness (QED) is 0.216. The Bertz CT molecular complexity index is 1730. The number of nitrogens with zero attached hydrogens (tertiary/aromatic N) is 3. The normalized spacial score (nSPS) is 11.5. The van der Waals surface area contributed by atoms with Gasteiger partial charge in [-0.05, 0) is 79.7 Å². The lowest BCUT2D eigenvalue weighted by atomic mass is 10.1. The number of carbonyl (C=O) groups excluding carboxylic acids is 1. The molecule has 0 saturated carbocycles. The molecule has 0 bridgehead atoms. The van der Waals surface area contributed by atoms with E-state index < -0.39 is 22.5 Å². The Kier molecular flexibility index (Phi) is 8.25. The van der Waals surface area contributed by atoms with Gasteiger partial charge in [0.2, 0.25) is 21.9 Å². The predicted octanol–water partition coefficient (Wildman–Crippen LogP) is 5.93. The molecule has 0 aliphatic rings. The predicted molar refractivity (Wildman–Crippen MR) is 157 cm³/mol. The summed E-state index contributed by atoms with van der Waals surface area (Å²) in [5, 5.41) is 3.21. The maximum atomic E-state index is 13.5. The lowest BCUT2D eigenvalue weighted by Gasteiger charge is -2.21. The van der Waals surface area contributed by atoms with Crippen molar-refractivity contribution in [2.75, 3.05) is 19.0 Å². The van der Waals surface area contributed by atoms with E-state index in [1.54, 1.807) is 23.8 Å². The number of sulfonamides is 1. The third kappa shape index (κ3) is 6.51. The average Bonchev–Trinajstić information content (AvgIpc) is 3.64. The van der Waals surface area contributed by atoms with Crippen LogP contribution in [-0.4, -0.2) is 41.8 Å². The molecule has 0 radical (unpaired) electrons. The summed E-state index contributed by atoms with van der Waals surface area (Å²) in [6, 6.07) is 24.2. The van der Waals surface area contributed by atoms with Gasteiger partial charge in [0.25, 0.3) is 0 Å². The molecule has 5 rings (SSSR count). The van der Waals surface area contributed by atoms with E-state index in [0.717, 1.165) is 21.1 Å². The highest BCUT2D eigenvalue weighted by Crippen LogP contribution is 2.27. The number of ether oxygens (including phenoxy) is 1. The van der Waals surface area contributed by atoms with Crippen LogP contribution in [0.3, 0.4) is 0 Å². The number of rotatable bonds is 10. The Labute approximate surface area is 243 Å². The van der Waals surface area contributed by atoms with Gasteiger partial charge >= 0.3 is 0 Å². The van der Waals surface area contributed by atoms with Crippen molar-refractivity contribution in [3.05, 3.63) is 114 Å². The molecule has 0 saturated heterocycles. The molecule has 3 aromatic carbocycles. The minimum absolute atomic E-state index is 0.00389. The average molecular weight is 591 g/mol. The highest BCUT2D eigenvalue weighted by molar-refractivity contribution is 7.89. The first kappa shape index (κ1) is 28.2. The van der Waals surface area contributed by atoms with Gasteiger partial charge in [-0.2, -0.15) is 4.31 Å². The van der Waals surface area contributed by atoms with Crippen molar-refractivity contribution in [1.82, 2.24) is 13.9 Å². The summed E-state index contributed by atoms with van der Waals surface area (Å²) in [4.78, 5) is 18.1. The van der Waals surface area contributed by atoms with Crippen molar-refractivity contribution in [2.45, 2.75) is 18.4 Å². The molecule has 5 aromatic rings. The van der Waals surface area contributed by atoms with Crippen molar-refractivity contribution in [2.24, 2.45) is 0 Å². The first-order valence-electron chi connectivity index (χ1n) is 12.6. The summed E-state index contributed by atoms with van der Waals surface area (Å²) in [7, 11) is -2.48. The molecule has 9 nitrogen and oxygen atoms in total. The second-order valence-electron chi connectivity index (χ2n) is 9.24. The second kappa shape index (κ2) is 12.0. The monoisotopic (exact) mass is 590 g/mol. The van der Waals surface area contributed by atoms with E-state index in [1.807, 2.05) is 61.7 Å². The van der Waals surface area contributed by atoms with Gasteiger partial charge in [-0.25, -0.2) is 13.4 Å².